The Bertz CT molecular complexity index is 1160. The van der Waals surface area contributed by atoms with Gasteiger partial charge in [0.05, 0.1) is 16.7 Å². The molecular formula is C28H33ClFN5O. The Labute approximate surface area is 217 Å². The normalized spacial score (nSPS) is 26.1. The van der Waals surface area contributed by atoms with E-state index in [1.807, 2.05) is 23.1 Å². The first-order chi connectivity index (χ1) is 17.4. The number of nitriles is 1. The summed E-state index contributed by atoms with van der Waals surface area (Å²) in [6.07, 6.45) is 4.00. The first kappa shape index (κ1) is 25.0. The van der Waals surface area contributed by atoms with Crippen molar-refractivity contribution in [2.24, 2.45) is 5.92 Å². The molecule has 3 atom stereocenters. The van der Waals surface area contributed by atoms with Crippen molar-refractivity contribution in [2.75, 3.05) is 51.6 Å². The van der Waals surface area contributed by atoms with Crippen LogP contribution in [0.4, 0.5) is 14.9 Å². The molecular weight excluding hydrogens is 477 g/mol. The van der Waals surface area contributed by atoms with Crippen LogP contribution in [0, 0.1) is 23.1 Å². The van der Waals surface area contributed by atoms with E-state index in [4.69, 9.17) is 11.6 Å². The van der Waals surface area contributed by atoms with E-state index in [1.54, 1.807) is 6.07 Å². The molecule has 190 valence electrons. The molecule has 1 aliphatic heterocycles. The number of carbonyl (C=O) groups is 1. The number of nitrogens with one attached hydrogen (secondary N) is 1. The number of likely N-dealkylation sites (N-methyl/N-ethyl adjacent to an activating group) is 1. The molecule has 6 nitrogen and oxygen atoms in total. The molecule has 2 amide bonds. The predicted molar refractivity (Wildman–Crippen MR) is 140 cm³/mol. The van der Waals surface area contributed by atoms with Crippen LogP contribution in [0.3, 0.4) is 0 Å². The van der Waals surface area contributed by atoms with Crippen LogP contribution in [0.1, 0.15) is 36.8 Å². The van der Waals surface area contributed by atoms with Crippen molar-refractivity contribution in [1.82, 2.24) is 14.7 Å². The molecule has 1 N–H and O–H groups in total. The van der Waals surface area contributed by atoms with Gasteiger partial charge in [-0.25, -0.2) is 9.18 Å². The summed E-state index contributed by atoms with van der Waals surface area (Å²) in [7, 11) is 2.14. The van der Waals surface area contributed by atoms with Gasteiger partial charge in [-0.15, -0.1) is 0 Å². The summed E-state index contributed by atoms with van der Waals surface area (Å²) in [4.78, 5) is 20.2. The number of anilines is 1. The second-order valence-corrected chi connectivity index (χ2v) is 11.0. The minimum absolute atomic E-state index is 0.00295. The molecule has 2 saturated carbocycles. The lowest BCUT2D eigenvalue weighted by molar-refractivity contribution is 0.119. The quantitative estimate of drug-likeness (QED) is 0.599. The monoisotopic (exact) mass is 509 g/mol. The average molecular weight is 510 g/mol. The molecule has 36 heavy (non-hydrogen) atoms. The Morgan fingerprint density at radius 3 is 2.78 bits per heavy atom. The lowest BCUT2D eigenvalue weighted by atomic mass is 9.80. The molecule has 2 aromatic rings. The first-order valence-corrected chi connectivity index (χ1v) is 13.2. The number of fused-ring (bicyclic) bond motifs is 1. The Balaban J connectivity index is 1.29. The minimum atomic E-state index is -0.501. The zero-order chi connectivity index (χ0) is 25.3. The maximum atomic E-state index is 13.6. The Kier molecular flexibility index (Phi) is 7.21. The van der Waals surface area contributed by atoms with Crippen molar-refractivity contribution in [2.45, 2.75) is 37.1 Å². The lowest BCUT2D eigenvalue weighted by Crippen LogP contribution is -2.51. The van der Waals surface area contributed by atoms with Crippen molar-refractivity contribution in [3.8, 4) is 6.07 Å². The summed E-state index contributed by atoms with van der Waals surface area (Å²) < 4.78 is 13.6. The first-order valence-electron chi connectivity index (χ1n) is 12.8. The Morgan fingerprint density at radius 1 is 1.25 bits per heavy atom. The van der Waals surface area contributed by atoms with E-state index in [9.17, 15) is 14.4 Å². The molecule has 8 heteroatoms. The maximum absolute atomic E-state index is 13.6. The SMILES string of the molecule is CN1CCN(CCN(C(=O)Nc2ccc(F)c(Cl)c2)[C@H]2CC[C@@]3(c4cccc(C#N)c4)C[C@H]3C2)CC1. The number of halogens is 2. The fourth-order valence-electron chi connectivity index (χ4n) is 6.09. The highest BCUT2D eigenvalue weighted by Gasteiger charge is 2.58. The van der Waals surface area contributed by atoms with Crippen molar-refractivity contribution < 1.29 is 9.18 Å². The average Bonchev–Trinajstić information content (AvgIpc) is 3.63. The van der Waals surface area contributed by atoms with Crippen LogP contribution in [-0.4, -0.2) is 73.1 Å². The summed E-state index contributed by atoms with van der Waals surface area (Å²) in [5, 5.41) is 12.3. The number of amides is 2. The van der Waals surface area contributed by atoms with Crippen LogP contribution in [0.15, 0.2) is 42.5 Å². The minimum Gasteiger partial charge on any atom is -0.320 e. The third-order valence-electron chi connectivity index (χ3n) is 8.40. The van der Waals surface area contributed by atoms with Gasteiger partial charge in [-0.2, -0.15) is 5.26 Å². The van der Waals surface area contributed by atoms with Gasteiger partial charge in [0.1, 0.15) is 5.82 Å². The van der Waals surface area contributed by atoms with E-state index in [0.29, 0.717) is 23.7 Å². The predicted octanol–water partition coefficient (Wildman–Crippen LogP) is 4.94. The zero-order valence-electron chi connectivity index (χ0n) is 20.7. The van der Waals surface area contributed by atoms with E-state index < -0.39 is 5.82 Å². The van der Waals surface area contributed by atoms with Crippen LogP contribution in [0.2, 0.25) is 5.02 Å². The lowest BCUT2D eigenvalue weighted by Gasteiger charge is -2.39. The van der Waals surface area contributed by atoms with Crippen LogP contribution < -0.4 is 5.32 Å². The van der Waals surface area contributed by atoms with Crippen molar-refractivity contribution >= 4 is 23.3 Å². The number of hydrogen-bond donors (Lipinski definition) is 1. The third kappa shape index (κ3) is 5.22. The van der Waals surface area contributed by atoms with Crippen LogP contribution >= 0.6 is 11.6 Å². The van der Waals surface area contributed by atoms with Crippen molar-refractivity contribution in [1.29, 1.82) is 5.26 Å². The Hall–Kier alpha value is -2.66. The topological polar surface area (TPSA) is 62.6 Å². The van der Waals surface area contributed by atoms with E-state index >= 15 is 0 Å². The fourth-order valence-corrected chi connectivity index (χ4v) is 6.27. The number of carbonyl (C=O) groups excluding carboxylic acids is 1. The summed E-state index contributed by atoms with van der Waals surface area (Å²) in [6.45, 7) is 5.57. The third-order valence-corrected chi connectivity index (χ3v) is 8.69. The van der Waals surface area contributed by atoms with Gasteiger partial charge in [0.25, 0.3) is 0 Å². The molecule has 0 bridgehead atoms. The fraction of sp³-hybridized carbons (Fsp3) is 0.500. The summed E-state index contributed by atoms with van der Waals surface area (Å²) in [6, 6.07) is 14.6. The highest BCUT2D eigenvalue weighted by atomic mass is 35.5. The smallest absolute Gasteiger partial charge is 0.320 e. The van der Waals surface area contributed by atoms with E-state index in [0.717, 1.165) is 58.4 Å². The molecule has 3 aliphatic rings. The molecule has 1 saturated heterocycles. The molecule has 2 aliphatic carbocycles. The van der Waals surface area contributed by atoms with Gasteiger partial charge in [-0.1, -0.05) is 23.7 Å². The zero-order valence-corrected chi connectivity index (χ0v) is 21.5. The highest BCUT2D eigenvalue weighted by Crippen LogP contribution is 2.62. The van der Waals surface area contributed by atoms with Gasteiger partial charge in [0.15, 0.2) is 0 Å². The summed E-state index contributed by atoms with van der Waals surface area (Å²) in [5.74, 6) is 0.0174. The number of piperazine rings is 1. The van der Waals surface area contributed by atoms with E-state index in [-0.39, 0.29) is 22.5 Å². The molecule has 0 unspecified atom stereocenters. The van der Waals surface area contributed by atoms with Crippen LogP contribution in [0.25, 0.3) is 0 Å². The molecule has 0 spiro atoms. The molecule has 5 rings (SSSR count). The van der Waals surface area contributed by atoms with Gasteiger partial charge in [0, 0.05) is 51.0 Å². The van der Waals surface area contributed by atoms with Crippen molar-refractivity contribution in [3.63, 3.8) is 0 Å². The number of hydrogen-bond acceptors (Lipinski definition) is 4. The van der Waals surface area contributed by atoms with Gasteiger partial charge < -0.3 is 15.1 Å². The molecule has 0 aromatic heterocycles. The molecule has 3 fully saturated rings. The van der Waals surface area contributed by atoms with Gasteiger partial charge >= 0.3 is 6.03 Å². The molecule has 2 aromatic carbocycles. The number of urea groups is 1. The van der Waals surface area contributed by atoms with Gasteiger partial charge in [-0.3, -0.25) is 4.90 Å². The summed E-state index contributed by atoms with van der Waals surface area (Å²) >= 11 is 5.95. The van der Waals surface area contributed by atoms with Gasteiger partial charge in [-0.05, 0) is 80.0 Å². The largest absolute Gasteiger partial charge is 0.322 e. The summed E-state index contributed by atoms with van der Waals surface area (Å²) in [5.41, 5.74) is 2.62. The van der Waals surface area contributed by atoms with E-state index in [2.05, 4.69) is 34.3 Å². The number of benzene rings is 2. The number of rotatable bonds is 6. The highest BCUT2D eigenvalue weighted by molar-refractivity contribution is 6.31. The molecule has 0 radical (unpaired) electrons. The second kappa shape index (κ2) is 10.4. The molecule has 1 heterocycles. The van der Waals surface area contributed by atoms with E-state index in [1.165, 1.54) is 17.7 Å². The van der Waals surface area contributed by atoms with Crippen LogP contribution in [0.5, 0.6) is 0 Å². The number of nitrogens with zero attached hydrogens (tertiary/aromatic N) is 4. The van der Waals surface area contributed by atoms with Gasteiger partial charge in [0.2, 0.25) is 0 Å². The van der Waals surface area contributed by atoms with Crippen LogP contribution in [-0.2, 0) is 5.41 Å². The Morgan fingerprint density at radius 2 is 2.06 bits per heavy atom. The standard InChI is InChI=1S/C28H33ClFN5O/c1-33-9-11-34(12-10-33)13-14-35(27(36)32-23-5-6-26(30)25(29)17-23)24-7-8-28(18-22(28)16-24)21-4-2-3-20(15-21)19-31/h2-6,15,17,22,24H,7-14,16,18H2,1H3,(H,32,36)/t22-,24+,28+/m1/s1. The second-order valence-electron chi connectivity index (χ2n) is 10.6. The van der Waals surface area contributed by atoms with Crippen molar-refractivity contribution in [3.05, 3.63) is 64.4 Å². The maximum Gasteiger partial charge on any atom is 0.322 e.